The van der Waals surface area contributed by atoms with Gasteiger partial charge in [-0.25, -0.2) is 9.29 Å². The molecule has 9 heteroatoms. The van der Waals surface area contributed by atoms with Crippen molar-refractivity contribution in [3.63, 3.8) is 0 Å². The van der Waals surface area contributed by atoms with E-state index in [0.717, 1.165) is 22.2 Å². The van der Waals surface area contributed by atoms with E-state index < -0.39 is 17.0 Å². The molecular formula is C19H16ClFN4O2S. The van der Waals surface area contributed by atoms with Gasteiger partial charge >= 0.3 is 0 Å². The molecule has 3 rings (SSSR count). The minimum atomic E-state index is -0.702. The van der Waals surface area contributed by atoms with Gasteiger partial charge in [0.1, 0.15) is 11.1 Å². The van der Waals surface area contributed by atoms with Crippen molar-refractivity contribution >= 4 is 51.7 Å². The SMILES string of the molecule is C/C(=N/N=C(N)S[C@@H]1CC(=O)N(c2ccc(F)cc2)C1=O)c1ccc(Cl)cc1. The fourth-order valence-electron chi connectivity index (χ4n) is 2.60. The first-order valence-electron chi connectivity index (χ1n) is 8.28. The molecule has 1 heterocycles. The van der Waals surface area contributed by atoms with Crippen LogP contribution in [0.3, 0.4) is 0 Å². The molecule has 2 aromatic carbocycles. The highest BCUT2D eigenvalue weighted by molar-refractivity contribution is 8.14. The number of amidine groups is 1. The van der Waals surface area contributed by atoms with Gasteiger partial charge in [-0.1, -0.05) is 35.5 Å². The maximum absolute atomic E-state index is 13.1. The van der Waals surface area contributed by atoms with E-state index in [1.165, 1.54) is 24.3 Å². The lowest BCUT2D eigenvalue weighted by molar-refractivity contribution is -0.121. The fraction of sp³-hybridized carbons (Fsp3) is 0.158. The summed E-state index contributed by atoms with van der Waals surface area (Å²) < 4.78 is 13.1. The molecule has 0 aliphatic carbocycles. The molecule has 2 amide bonds. The van der Waals surface area contributed by atoms with Gasteiger partial charge in [0.15, 0.2) is 5.17 Å². The maximum atomic E-state index is 13.1. The van der Waals surface area contributed by atoms with Crippen molar-refractivity contribution in [1.82, 2.24) is 0 Å². The minimum absolute atomic E-state index is 0.0169. The van der Waals surface area contributed by atoms with E-state index in [-0.39, 0.29) is 17.5 Å². The van der Waals surface area contributed by atoms with Crippen molar-refractivity contribution in [2.75, 3.05) is 4.90 Å². The second kappa shape index (κ2) is 8.53. The minimum Gasteiger partial charge on any atom is -0.377 e. The molecule has 0 radical (unpaired) electrons. The van der Waals surface area contributed by atoms with Crippen LogP contribution < -0.4 is 10.6 Å². The average Bonchev–Trinajstić information content (AvgIpc) is 2.94. The topological polar surface area (TPSA) is 88.1 Å². The molecule has 1 aliphatic rings. The lowest BCUT2D eigenvalue weighted by atomic mass is 10.1. The van der Waals surface area contributed by atoms with Crippen LogP contribution in [0.1, 0.15) is 18.9 Å². The smallest absolute Gasteiger partial charge is 0.247 e. The predicted octanol–water partition coefficient (Wildman–Crippen LogP) is 3.58. The molecule has 0 saturated carbocycles. The van der Waals surface area contributed by atoms with Gasteiger partial charge in [0.05, 0.1) is 11.4 Å². The number of anilines is 1. The van der Waals surface area contributed by atoms with E-state index in [4.69, 9.17) is 17.3 Å². The third-order valence-corrected chi connectivity index (χ3v) is 5.24. The average molecular weight is 419 g/mol. The van der Waals surface area contributed by atoms with Crippen LogP contribution in [0.25, 0.3) is 0 Å². The van der Waals surface area contributed by atoms with Crippen molar-refractivity contribution in [3.05, 3.63) is 64.9 Å². The highest BCUT2D eigenvalue weighted by Crippen LogP contribution is 2.29. The van der Waals surface area contributed by atoms with Gasteiger partial charge in [-0.15, -0.1) is 5.10 Å². The molecule has 1 atom stereocenters. The molecule has 144 valence electrons. The summed E-state index contributed by atoms with van der Waals surface area (Å²) in [5.74, 6) is -1.24. The number of carbonyl (C=O) groups excluding carboxylic acids is 2. The normalized spacial score (nSPS) is 18.1. The molecule has 2 aromatic rings. The Morgan fingerprint density at radius 2 is 1.79 bits per heavy atom. The van der Waals surface area contributed by atoms with E-state index in [2.05, 4.69) is 10.2 Å². The van der Waals surface area contributed by atoms with E-state index in [1.807, 2.05) is 0 Å². The molecule has 0 bridgehead atoms. The van der Waals surface area contributed by atoms with Gasteiger partial charge in [0, 0.05) is 11.4 Å². The van der Waals surface area contributed by atoms with Crippen LogP contribution in [0, 0.1) is 5.82 Å². The van der Waals surface area contributed by atoms with Gasteiger partial charge in [-0.3, -0.25) is 9.59 Å². The quantitative estimate of drug-likeness (QED) is 0.355. The fourth-order valence-corrected chi connectivity index (χ4v) is 3.54. The second-order valence-corrected chi connectivity index (χ2v) is 7.64. The summed E-state index contributed by atoms with van der Waals surface area (Å²) in [5, 5.41) is 7.98. The zero-order chi connectivity index (χ0) is 20.3. The van der Waals surface area contributed by atoms with Crippen LogP contribution in [-0.4, -0.2) is 27.9 Å². The summed E-state index contributed by atoms with van der Waals surface area (Å²) in [6, 6.07) is 12.3. The Labute approximate surface area is 170 Å². The van der Waals surface area contributed by atoms with Gasteiger partial charge in [0.25, 0.3) is 0 Å². The van der Waals surface area contributed by atoms with E-state index in [9.17, 15) is 14.0 Å². The molecule has 0 spiro atoms. The van der Waals surface area contributed by atoms with Crippen LogP contribution in [-0.2, 0) is 9.59 Å². The molecule has 1 fully saturated rings. The number of thioether (sulfide) groups is 1. The lowest BCUT2D eigenvalue weighted by Gasteiger charge is -2.14. The number of rotatable bonds is 4. The van der Waals surface area contributed by atoms with E-state index >= 15 is 0 Å². The Balaban J connectivity index is 1.69. The van der Waals surface area contributed by atoms with Crippen LogP contribution in [0.2, 0.25) is 5.02 Å². The summed E-state index contributed by atoms with van der Waals surface area (Å²) in [5.41, 5.74) is 7.66. The zero-order valence-corrected chi connectivity index (χ0v) is 16.4. The highest BCUT2D eigenvalue weighted by atomic mass is 35.5. The first-order valence-corrected chi connectivity index (χ1v) is 9.53. The van der Waals surface area contributed by atoms with Gasteiger partial charge in [0.2, 0.25) is 11.8 Å². The van der Waals surface area contributed by atoms with E-state index in [0.29, 0.717) is 16.4 Å². The molecule has 0 aromatic heterocycles. The third kappa shape index (κ3) is 4.58. The highest BCUT2D eigenvalue weighted by Gasteiger charge is 2.40. The Bertz CT molecular complexity index is 961. The van der Waals surface area contributed by atoms with Crippen molar-refractivity contribution in [1.29, 1.82) is 0 Å². The van der Waals surface area contributed by atoms with Crippen LogP contribution in [0.4, 0.5) is 10.1 Å². The Hall–Kier alpha value is -2.71. The molecule has 0 unspecified atom stereocenters. The number of nitrogens with zero attached hydrogens (tertiary/aromatic N) is 3. The zero-order valence-electron chi connectivity index (χ0n) is 14.8. The summed E-state index contributed by atoms with van der Waals surface area (Å²) in [6.45, 7) is 1.77. The molecular weight excluding hydrogens is 403 g/mol. The van der Waals surface area contributed by atoms with Gasteiger partial charge < -0.3 is 5.73 Å². The summed E-state index contributed by atoms with van der Waals surface area (Å²) in [4.78, 5) is 25.8. The number of nitrogens with two attached hydrogens (primary N) is 1. The van der Waals surface area contributed by atoms with Gasteiger partial charge in [-0.05, 0) is 48.9 Å². The predicted molar refractivity (Wildman–Crippen MR) is 110 cm³/mol. The molecule has 1 saturated heterocycles. The van der Waals surface area contributed by atoms with E-state index in [1.54, 1.807) is 31.2 Å². The number of amides is 2. The number of imide groups is 1. The molecule has 1 aliphatic heterocycles. The number of benzene rings is 2. The standard InChI is InChI=1S/C19H16ClFN4O2S/c1-11(12-2-4-13(20)5-3-12)23-24-19(22)28-16-10-17(26)25(18(16)27)15-8-6-14(21)7-9-15/h2-9,16H,10H2,1H3,(H2,22,24)/b23-11-/t16-/m1/s1. The summed E-state index contributed by atoms with van der Waals surface area (Å²) in [7, 11) is 0. The second-order valence-electron chi connectivity index (χ2n) is 5.98. The summed E-state index contributed by atoms with van der Waals surface area (Å²) >= 11 is 6.83. The van der Waals surface area contributed by atoms with Crippen LogP contribution >= 0.6 is 23.4 Å². The maximum Gasteiger partial charge on any atom is 0.247 e. The van der Waals surface area contributed by atoms with Crippen molar-refractivity contribution < 1.29 is 14.0 Å². The molecule has 6 nitrogen and oxygen atoms in total. The Morgan fingerprint density at radius 1 is 1.14 bits per heavy atom. The third-order valence-electron chi connectivity index (χ3n) is 4.01. The molecule has 2 N–H and O–H groups in total. The number of halogens is 2. The first-order chi connectivity index (χ1) is 13.3. The summed E-state index contributed by atoms with van der Waals surface area (Å²) in [6.07, 6.45) is -0.0169. The Kier molecular flexibility index (Phi) is 6.11. The first kappa shape index (κ1) is 20.0. The van der Waals surface area contributed by atoms with Crippen molar-refractivity contribution in [2.45, 2.75) is 18.6 Å². The van der Waals surface area contributed by atoms with Crippen molar-refractivity contribution in [3.8, 4) is 0 Å². The number of hydrogen-bond donors (Lipinski definition) is 1. The monoisotopic (exact) mass is 418 g/mol. The Morgan fingerprint density at radius 3 is 2.43 bits per heavy atom. The number of hydrogen-bond acceptors (Lipinski definition) is 5. The number of carbonyl (C=O) groups is 2. The molecule has 28 heavy (non-hydrogen) atoms. The van der Waals surface area contributed by atoms with Crippen molar-refractivity contribution in [2.24, 2.45) is 15.9 Å². The van der Waals surface area contributed by atoms with Crippen LogP contribution in [0.15, 0.2) is 58.7 Å². The van der Waals surface area contributed by atoms with Crippen LogP contribution in [0.5, 0.6) is 0 Å². The largest absolute Gasteiger partial charge is 0.377 e. The lowest BCUT2D eigenvalue weighted by Crippen LogP contribution is -2.31. The van der Waals surface area contributed by atoms with Gasteiger partial charge in [-0.2, -0.15) is 5.10 Å².